The van der Waals surface area contributed by atoms with E-state index in [0.717, 1.165) is 10.7 Å². The number of carbonyl (C=O) groups is 1. The number of pyridine rings is 1. The zero-order chi connectivity index (χ0) is 14.9. The average molecular weight is 329 g/mol. The fraction of sp³-hybridized carbons (Fsp3) is 0.357. The van der Waals surface area contributed by atoms with Gasteiger partial charge in [-0.3, -0.25) is 4.79 Å². The molecular weight excluding hydrogens is 315 g/mol. The maximum Gasteiger partial charge on any atom is 0.189 e. The van der Waals surface area contributed by atoms with Crippen molar-refractivity contribution in [2.75, 3.05) is 0 Å². The second-order valence-corrected chi connectivity index (χ2v) is 7.25. The maximum atomic E-state index is 12.2. The predicted molar refractivity (Wildman–Crippen MR) is 83.1 cm³/mol. The van der Waals surface area contributed by atoms with Gasteiger partial charge in [-0.05, 0) is 6.07 Å². The lowest BCUT2D eigenvalue weighted by atomic mass is 9.93. The number of thiazole rings is 1. The Balaban J connectivity index is 2.17. The Morgan fingerprint density at radius 1 is 1.35 bits per heavy atom. The van der Waals surface area contributed by atoms with Crippen molar-refractivity contribution in [2.24, 2.45) is 0 Å². The Bertz CT molecular complexity index is 647. The van der Waals surface area contributed by atoms with Gasteiger partial charge in [-0.25, -0.2) is 9.97 Å². The molecule has 2 rings (SSSR count). The smallest absolute Gasteiger partial charge is 0.189 e. The van der Waals surface area contributed by atoms with Crippen LogP contribution in [0.1, 0.15) is 42.0 Å². The molecule has 2 heterocycles. The predicted octanol–water partition coefficient (Wildman–Crippen LogP) is 4.57. The van der Waals surface area contributed by atoms with Crippen LogP contribution in [0.25, 0.3) is 0 Å². The highest BCUT2D eigenvalue weighted by Crippen LogP contribution is 2.25. The van der Waals surface area contributed by atoms with E-state index in [9.17, 15) is 4.79 Å². The van der Waals surface area contributed by atoms with Crippen molar-refractivity contribution in [2.45, 2.75) is 32.6 Å². The van der Waals surface area contributed by atoms with Gasteiger partial charge in [0.25, 0.3) is 0 Å². The summed E-state index contributed by atoms with van der Waals surface area (Å²) < 4.78 is 0. The average Bonchev–Trinajstić information content (AvgIpc) is 2.76. The van der Waals surface area contributed by atoms with Crippen LogP contribution in [0.5, 0.6) is 0 Å². The van der Waals surface area contributed by atoms with Crippen LogP contribution >= 0.6 is 34.5 Å². The van der Waals surface area contributed by atoms with Crippen molar-refractivity contribution < 1.29 is 4.79 Å². The summed E-state index contributed by atoms with van der Waals surface area (Å²) in [5, 5.41) is 3.44. The number of aromatic nitrogens is 2. The third-order valence-electron chi connectivity index (χ3n) is 2.70. The Morgan fingerprint density at radius 2 is 2.05 bits per heavy atom. The third kappa shape index (κ3) is 3.57. The van der Waals surface area contributed by atoms with Crippen LogP contribution in [0.4, 0.5) is 0 Å². The lowest BCUT2D eigenvalue weighted by Gasteiger charge is -2.14. The van der Waals surface area contributed by atoms with Gasteiger partial charge < -0.3 is 0 Å². The van der Waals surface area contributed by atoms with Crippen LogP contribution in [0, 0.1) is 0 Å². The first-order chi connectivity index (χ1) is 9.27. The van der Waals surface area contributed by atoms with Crippen molar-refractivity contribution in [1.82, 2.24) is 9.97 Å². The molecule has 0 bridgehead atoms. The maximum absolute atomic E-state index is 12.2. The molecule has 0 saturated heterocycles. The van der Waals surface area contributed by atoms with Crippen LogP contribution in [-0.2, 0) is 11.8 Å². The van der Waals surface area contributed by atoms with E-state index in [4.69, 9.17) is 23.2 Å². The van der Waals surface area contributed by atoms with E-state index in [2.05, 4.69) is 30.7 Å². The lowest BCUT2D eigenvalue weighted by Crippen LogP contribution is -2.12. The summed E-state index contributed by atoms with van der Waals surface area (Å²) in [5.74, 6) is -0.151. The van der Waals surface area contributed by atoms with Crippen LogP contribution in [-0.4, -0.2) is 15.8 Å². The summed E-state index contributed by atoms with van der Waals surface area (Å²) in [7, 11) is 0. The molecule has 0 N–H and O–H groups in total. The highest BCUT2D eigenvalue weighted by atomic mass is 35.5. The Morgan fingerprint density at radius 3 is 2.60 bits per heavy atom. The van der Waals surface area contributed by atoms with Crippen molar-refractivity contribution >= 4 is 40.3 Å². The van der Waals surface area contributed by atoms with Gasteiger partial charge in [0, 0.05) is 17.0 Å². The number of carbonyl (C=O) groups excluding carboxylic acids is 1. The summed E-state index contributed by atoms with van der Waals surface area (Å²) in [5.41, 5.74) is 1.21. The first-order valence-electron chi connectivity index (χ1n) is 6.06. The fourth-order valence-corrected chi connectivity index (χ4v) is 3.08. The lowest BCUT2D eigenvalue weighted by molar-refractivity contribution is 0.0988. The zero-order valence-electron chi connectivity index (χ0n) is 11.4. The largest absolute Gasteiger partial charge is 0.292 e. The highest BCUT2D eigenvalue weighted by molar-refractivity contribution is 7.09. The molecule has 0 unspecified atom stereocenters. The number of hydrogen-bond acceptors (Lipinski definition) is 4. The quantitative estimate of drug-likeness (QED) is 0.775. The Kier molecular flexibility index (Phi) is 4.47. The molecule has 2 aromatic heterocycles. The molecule has 0 aliphatic carbocycles. The number of ketones is 1. The molecule has 0 fully saturated rings. The van der Waals surface area contributed by atoms with E-state index in [-0.39, 0.29) is 28.3 Å². The molecule has 0 saturated carbocycles. The molecule has 2 aromatic rings. The summed E-state index contributed by atoms with van der Waals surface area (Å²) in [6.45, 7) is 6.27. The first kappa shape index (κ1) is 15.4. The van der Waals surface area contributed by atoms with Crippen molar-refractivity contribution in [3.05, 3.63) is 44.1 Å². The van der Waals surface area contributed by atoms with Gasteiger partial charge in [-0.15, -0.1) is 11.3 Å². The van der Waals surface area contributed by atoms with Gasteiger partial charge in [0.2, 0.25) is 0 Å². The minimum atomic E-state index is -0.151. The molecule has 0 aliphatic heterocycles. The van der Waals surface area contributed by atoms with Crippen molar-refractivity contribution in [1.29, 1.82) is 0 Å². The first-order valence-corrected chi connectivity index (χ1v) is 7.70. The zero-order valence-corrected chi connectivity index (χ0v) is 13.7. The minimum absolute atomic E-state index is 0.0199. The molecule has 0 atom stereocenters. The summed E-state index contributed by atoms with van der Waals surface area (Å²) in [6.07, 6.45) is 1.62. The molecule has 20 heavy (non-hydrogen) atoms. The highest BCUT2D eigenvalue weighted by Gasteiger charge is 2.20. The van der Waals surface area contributed by atoms with E-state index in [0.29, 0.717) is 5.02 Å². The van der Waals surface area contributed by atoms with E-state index in [1.54, 1.807) is 0 Å². The van der Waals surface area contributed by atoms with Gasteiger partial charge in [-0.2, -0.15) is 0 Å². The van der Waals surface area contributed by atoms with Gasteiger partial charge in [0.05, 0.1) is 22.2 Å². The fourth-order valence-electron chi connectivity index (χ4n) is 1.58. The van der Waals surface area contributed by atoms with Crippen LogP contribution < -0.4 is 0 Å². The second-order valence-electron chi connectivity index (χ2n) is 5.46. The van der Waals surface area contributed by atoms with Crippen molar-refractivity contribution in [3.63, 3.8) is 0 Å². The van der Waals surface area contributed by atoms with Gasteiger partial charge >= 0.3 is 0 Å². The number of halogens is 2. The number of Topliss-reactive ketones (excluding diaryl/α,β-unsaturated/α-hetero) is 1. The van der Waals surface area contributed by atoms with Crippen LogP contribution in [0.3, 0.4) is 0 Å². The minimum Gasteiger partial charge on any atom is -0.292 e. The number of nitrogens with zero attached hydrogens (tertiary/aromatic N) is 2. The van der Waals surface area contributed by atoms with E-state index < -0.39 is 0 Å². The molecular formula is C14H14Cl2N2OS. The topological polar surface area (TPSA) is 42.9 Å². The van der Waals surface area contributed by atoms with E-state index >= 15 is 0 Å². The van der Waals surface area contributed by atoms with Crippen LogP contribution in [0.15, 0.2) is 17.6 Å². The molecule has 0 aromatic carbocycles. The summed E-state index contributed by atoms with van der Waals surface area (Å²) in [6, 6.07) is 1.52. The molecule has 0 spiro atoms. The monoisotopic (exact) mass is 328 g/mol. The van der Waals surface area contributed by atoms with Gasteiger partial charge in [0.1, 0.15) is 10.7 Å². The summed E-state index contributed by atoms with van der Waals surface area (Å²) in [4.78, 5) is 20.7. The van der Waals surface area contributed by atoms with Gasteiger partial charge in [0.15, 0.2) is 5.78 Å². The molecule has 106 valence electrons. The van der Waals surface area contributed by atoms with E-state index in [1.165, 1.54) is 23.6 Å². The second kappa shape index (κ2) is 5.80. The number of rotatable bonds is 3. The normalized spacial score (nSPS) is 11.7. The molecule has 0 radical (unpaired) electrons. The van der Waals surface area contributed by atoms with Gasteiger partial charge in [-0.1, -0.05) is 44.0 Å². The van der Waals surface area contributed by atoms with Crippen LogP contribution in [0.2, 0.25) is 10.0 Å². The SMILES string of the molecule is CC(C)(C)c1csc(CC(=O)c2ncc(Cl)cc2Cl)n1. The molecule has 0 aliphatic rings. The summed E-state index contributed by atoms with van der Waals surface area (Å²) >= 11 is 13.2. The van der Waals surface area contributed by atoms with Crippen molar-refractivity contribution in [3.8, 4) is 0 Å². The standard InChI is InChI=1S/C14H14Cl2N2OS/c1-14(2,3)11-7-20-12(18-11)5-10(19)13-9(16)4-8(15)6-17-13/h4,6-7H,5H2,1-3H3. The molecule has 3 nitrogen and oxygen atoms in total. The molecule has 0 amide bonds. The third-order valence-corrected chi connectivity index (χ3v) is 4.05. The number of hydrogen-bond donors (Lipinski definition) is 0. The Hall–Kier alpha value is -0.970. The molecule has 6 heteroatoms. The Labute approximate surface area is 132 Å². The van der Waals surface area contributed by atoms with E-state index in [1.807, 2.05) is 5.38 Å².